The summed E-state index contributed by atoms with van der Waals surface area (Å²) < 4.78 is 15.8. The van der Waals surface area contributed by atoms with Crippen molar-refractivity contribution < 1.29 is 19.0 Å². The van der Waals surface area contributed by atoms with Crippen LogP contribution in [0.1, 0.15) is 22.2 Å². The van der Waals surface area contributed by atoms with Crippen molar-refractivity contribution in [1.29, 1.82) is 0 Å². The summed E-state index contributed by atoms with van der Waals surface area (Å²) >= 11 is 1.68. The lowest BCUT2D eigenvalue weighted by molar-refractivity contribution is 0.0939. The van der Waals surface area contributed by atoms with Gasteiger partial charge in [0.05, 0.1) is 21.3 Å². The maximum absolute atomic E-state index is 12.5. The first-order valence-electron chi connectivity index (χ1n) is 7.22. The molecule has 2 aromatic rings. The largest absolute Gasteiger partial charge is 0.493 e. The van der Waals surface area contributed by atoms with Crippen molar-refractivity contribution in [2.45, 2.75) is 19.4 Å². The molecule has 1 atom stereocenters. The minimum Gasteiger partial charge on any atom is -0.493 e. The van der Waals surface area contributed by atoms with Gasteiger partial charge in [-0.05, 0) is 30.5 Å². The molecule has 124 valence electrons. The van der Waals surface area contributed by atoms with E-state index in [0.717, 1.165) is 6.42 Å². The van der Waals surface area contributed by atoms with Crippen LogP contribution < -0.4 is 19.5 Å². The monoisotopic (exact) mass is 335 g/mol. The van der Waals surface area contributed by atoms with Gasteiger partial charge in [0.25, 0.3) is 5.91 Å². The first-order valence-corrected chi connectivity index (χ1v) is 8.10. The molecule has 0 spiro atoms. The van der Waals surface area contributed by atoms with Gasteiger partial charge in [-0.1, -0.05) is 6.07 Å². The second-order valence-corrected chi connectivity index (χ2v) is 6.10. The Balaban J connectivity index is 2.15. The number of amides is 1. The molecule has 0 bridgehead atoms. The fourth-order valence-corrected chi connectivity index (χ4v) is 3.14. The van der Waals surface area contributed by atoms with E-state index in [-0.39, 0.29) is 11.9 Å². The third-order valence-corrected chi connectivity index (χ3v) is 4.29. The second kappa shape index (κ2) is 7.87. The van der Waals surface area contributed by atoms with Crippen LogP contribution in [-0.4, -0.2) is 33.3 Å². The van der Waals surface area contributed by atoms with Crippen LogP contribution in [-0.2, 0) is 6.42 Å². The molecule has 0 saturated carbocycles. The molecule has 1 aromatic heterocycles. The topological polar surface area (TPSA) is 56.8 Å². The minimum atomic E-state index is -0.173. The second-order valence-electron chi connectivity index (χ2n) is 5.07. The van der Waals surface area contributed by atoms with Crippen LogP contribution in [0, 0.1) is 0 Å². The number of thiophene rings is 1. The molecule has 0 unspecified atom stereocenters. The molecule has 6 heteroatoms. The Morgan fingerprint density at radius 1 is 1.17 bits per heavy atom. The zero-order valence-electron chi connectivity index (χ0n) is 13.7. The van der Waals surface area contributed by atoms with Crippen molar-refractivity contribution >= 4 is 17.2 Å². The maximum atomic E-state index is 12.5. The smallest absolute Gasteiger partial charge is 0.251 e. The maximum Gasteiger partial charge on any atom is 0.251 e. The average Bonchev–Trinajstić information content (AvgIpc) is 3.05. The van der Waals surface area contributed by atoms with Crippen LogP contribution in [0.25, 0.3) is 0 Å². The minimum absolute atomic E-state index is 0.0280. The van der Waals surface area contributed by atoms with Gasteiger partial charge in [0.2, 0.25) is 5.75 Å². The average molecular weight is 335 g/mol. The van der Waals surface area contributed by atoms with Gasteiger partial charge < -0.3 is 19.5 Å². The molecule has 1 amide bonds. The van der Waals surface area contributed by atoms with Crippen molar-refractivity contribution in [3.05, 3.63) is 40.1 Å². The number of nitrogens with one attached hydrogen (secondary N) is 1. The van der Waals surface area contributed by atoms with Gasteiger partial charge in [0.15, 0.2) is 11.5 Å². The molecule has 0 fully saturated rings. The lowest BCUT2D eigenvalue weighted by atomic mass is 10.1. The lowest BCUT2D eigenvalue weighted by Crippen LogP contribution is -2.33. The van der Waals surface area contributed by atoms with E-state index < -0.39 is 0 Å². The van der Waals surface area contributed by atoms with Crippen LogP contribution in [0.15, 0.2) is 29.6 Å². The molecular formula is C17H21NO4S. The summed E-state index contributed by atoms with van der Waals surface area (Å²) in [5, 5.41) is 5.02. The predicted molar refractivity (Wildman–Crippen MR) is 91.0 cm³/mol. The van der Waals surface area contributed by atoms with Crippen molar-refractivity contribution in [2.24, 2.45) is 0 Å². The van der Waals surface area contributed by atoms with Crippen molar-refractivity contribution in [3.63, 3.8) is 0 Å². The Morgan fingerprint density at radius 2 is 1.83 bits per heavy atom. The van der Waals surface area contributed by atoms with Crippen LogP contribution in [0.5, 0.6) is 17.2 Å². The molecule has 23 heavy (non-hydrogen) atoms. The lowest BCUT2D eigenvalue weighted by Gasteiger charge is -2.16. The van der Waals surface area contributed by atoms with E-state index in [0.29, 0.717) is 22.8 Å². The zero-order chi connectivity index (χ0) is 16.8. The molecule has 0 aliphatic rings. The molecule has 1 aromatic carbocycles. The number of carbonyl (C=O) groups is 1. The highest BCUT2D eigenvalue weighted by atomic mass is 32.1. The Kier molecular flexibility index (Phi) is 5.87. The van der Waals surface area contributed by atoms with E-state index in [9.17, 15) is 4.79 Å². The van der Waals surface area contributed by atoms with E-state index in [1.54, 1.807) is 23.5 Å². The van der Waals surface area contributed by atoms with Crippen molar-refractivity contribution in [2.75, 3.05) is 21.3 Å². The van der Waals surface area contributed by atoms with Gasteiger partial charge in [-0.25, -0.2) is 0 Å². The number of carbonyl (C=O) groups excluding carboxylic acids is 1. The molecule has 0 saturated heterocycles. The van der Waals surface area contributed by atoms with Gasteiger partial charge in [-0.2, -0.15) is 0 Å². The fraction of sp³-hybridized carbons (Fsp3) is 0.353. The van der Waals surface area contributed by atoms with Crippen LogP contribution in [0.3, 0.4) is 0 Å². The standard InChI is InChI=1S/C17H21NO4S/c1-11(8-13-6-5-7-23-13)18-17(19)12-9-14(20-2)16(22-4)15(10-12)21-3/h5-7,9-11H,8H2,1-4H3,(H,18,19)/t11-/m1/s1. The van der Waals surface area contributed by atoms with Crippen LogP contribution >= 0.6 is 11.3 Å². The number of hydrogen-bond donors (Lipinski definition) is 1. The molecule has 1 heterocycles. The number of hydrogen-bond acceptors (Lipinski definition) is 5. The first kappa shape index (κ1) is 17.1. The molecule has 0 aliphatic carbocycles. The third-order valence-electron chi connectivity index (χ3n) is 3.39. The highest BCUT2D eigenvalue weighted by Gasteiger charge is 2.18. The summed E-state index contributed by atoms with van der Waals surface area (Å²) in [4.78, 5) is 13.7. The summed E-state index contributed by atoms with van der Waals surface area (Å²) in [5.74, 6) is 1.22. The Hall–Kier alpha value is -2.21. The van der Waals surface area contributed by atoms with Crippen molar-refractivity contribution in [3.8, 4) is 17.2 Å². The van der Waals surface area contributed by atoms with E-state index in [1.165, 1.54) is 26.2 Å². The molecule has 2 rings (SSSR count). The van der Waals surface area contributed by atoms with Gasteiger partial charge in [-0.15, -0.1) is 11.3 Å². The van der Waals surface area contributed by atoms with E-state index in [4.69, 9.17) is 14.2 Å². The van der Waals surface area contributed by atoms with Crippen molar-refractivity contribution in [1.82, 2.24) is 5.32 Å². The Labute approximate surface area is 140 Å². The predicted octanol–water partition coefficient (Wildman–Crippen LogP) is 3.13. The third kappa shape index (κ3) is 4.16. The van der Waals surface area contributed by atoms with Gasteiger partial charge in [0, 0.05) is 22.9 Å². The summed E-state index contributed by atoms with van der Waals surface area (Å²) in [6.07, 6.45) is 0.799. The van der Waals surface area contributed by atoms with Crippen LogP contribution in [0.2, 0.25) is 0 Å². The summed E-state index contributed by atoms with van der Waals surface area (Å²) in [5.41, 5.74) is 0.470. The first-order chi connectivity index (χ1) is 11.1. The fourth-order valence-electron chi connectivity index (χ4n) is 2.30. The van der Waals surface area contributed by atoms with E-state index in [2.05, 4.69) is 11.4 Å². The number of benzene rings is 1. The van der Waals surface area contributed by atoms with Crippen LogP contribution in [0.4, 0.5) is 0 Å². The molecular weight excluding hydrogens is 314 g/mol. The van der Waals surface area contributed by atoms with Gasteiger partial charge >= 0.3 is 0 Å². The quantitative estimate of drug-likeness (QED) is 0.844. The summed E-state index contributed by atoms with van der Waals surface area (Å²) in [6.45, 7) is 1.98. The SMILES string of the molecule is COc1cc(C(=O)N[C@H](C)Cc2cccs2)cc(OC)c1OC. The van der Waals surface area contributed by atoms with Gasteiger partial charge in [0.1, 0.15) is 0 Å². The number of methoxy groups -OCH3 is 3. The van der Waals surface area contributed by atoms with E-state index in [1.807, 2.05) is 18.4 Å². The highest BCUT2D eigenvalue weighted by molar-refractivity contribution is 7.09. The molecule has 0 aliphatic heterocycles. The Bertz CT molecular complexity index is 630. The Morgan fingerprint density at radius 3 is 2.30 bits per heavy atom. The normalized spacial score (nSPS) is 11.7. The number of rotatable bonds is 7. The molecule has 5 nitrogen and oxygen atoms in total. The zero-order valence-corrected chi connectivity index (χ0v) is 14.5. The highest BCUT2D eigenvalue weighted by Crippen LogP contribution is 2.38. The summed E-state index contributed by atoms with van der Waals surface area (Å²) in [7, 11) is 4.58. The van der Waals surface area contributed by atoms with E-state index >= 15 is 0 Å². The molecule has 1 N–H and O–H groups in total. The summed E-state index contributed by atoms with van der Waals surface area (Å²) in [6, 6.07) is 7.39. The molecule has 0 radical (unpaired) electrons. The van der Waals surface area contributed by atoms with Gasteiger partial charge in [-0.3, -0.25) is 4.79 Å². The number of ether oxygens (including phenoxy) is 3.